The highest BCUT2D eigenvalue weighted by atomic mass is 19.4. The van der Waals surface area contributed by atoms with Gasteiger partial charge >= 0.3 is 13.1 Å². The summed E-state index contributed by atoms with van der Waals surface area (Å²) in [7, 11) is 0. The predicted molar refractivity (Wildman–Crippen MR) is 62.8 cm³/mol. The van der Waals surface area contributed by atoms with E-state index in [-0.39, 0.29) is 0 Å². The standard InChI is InChI=1S/C10H13BF3N2O2/c1-10(2,3)18-9(17)16-8-7(11(12,13)14)5-4-6-15-8/h4-6H,1-3H3,(H,15,16,17)/q-1. The molecular weight excluding hydrogens is 248 g/mol. The van der Waals surface area contributed by atoms with Gasteiger partial charge in [-0.3, -0.25) is 5.32 Å². The SMILES string of the molecule is CC(C)(C)OC(=O)Nc1ncccc1[B-](F)(F)F. The van der Waals surface area contributed by atoms with Crippen LogP contribution < -0.4 is 10.8 Å². The number of nitrogens with zero attached hydrogens (tertiary/aromatic N) is 1. The molecule has 0 saturated carbocycles. The number of halogens is 3. The van der Waals surface area contributed by atoms with Gasteiger partial charge in [0.2, 0.25) is 0 Å². The number of rotatable bonds is 2. The van der Waals surface area contributed by atoms with E-state index in [1.165, 1.54) is 0 Å². The van der Waals surface area contributed by atoms with Gasteiger partial charge in [0.05, 0.1) is 0 Å². The number of hydrogen-bond acceptors (Lipinski definition) is 3. The molecule has 0 unspecified atom stereocenters. The monoisotopic (exact) mass is 261 g/mol. The van der Waals surface area contributed by atoms with Crippen LogP contribution in [-0.4, -0.2) is 23.7 Å². The van der Waals surface area contributed by atoms with Gasteiger partial charge in [-0.05, 0) is 26.8 Å². The van der Waals surface area contributed by atoms with Gasteiger partial charge in [0.15, 0.2) is 0 Å². The Hall–Kier alpha value is -1.73. The number of amides is 1. The summed E-state index contributed by atoms with van der Waals surface area (Å²) in [4.78, 5) is 14.9. The summed E-state index contributed by atoms with van der Waals surface area (Å²) >= 11 is 0. The lowest BCUT2D eigenvalue weighted by Gasteiger charge is -2.22. The molecule has 1 rings (SSSR count). The van der Waals surface area contributed by atoms with Crippen LogP contribution in [0.1, 0.15) is 20.8 Å². The number of anilines is 1. The second-order valence-corrected chi connectivity index (χ2v) is 4.64. The van der Waals surface area contributed by atoms with E-state index in [1.807, 2.05) is 5.32 Å². The van der Waals surface area contributed by atoms with Crippen molar-refractivity contribution in [2.45, 2.75) is 26.4 Å². The molecule has 18 heavy (non-hydrogen) atoms. The number of nitrogens with one attached hydrogen (secondary N) is 1. The van der Waals surface area contributed by atoms with E-state index in [2.05, 4.69) is 4.98 Å². The Bertz CT molecular complexity index is 443. The molecular formula is C10H13BF3N2O2-. The van der Waals surface area contributed by atoms with Crippen molar-refractivity contribution in [2.24, 2.45) is 0 Å². The maximum atomic E-state index is 12.7. The fourth-order valence-corrected chi connectivity index (χ4v) is 1.19. The first-order valence-electron chi connectivity index (χ1n) is 5.24. The zero-order chi connectivity index (χ0) is 14.0. The summed E-state index contributed by atoms with van der Waals surface area (Å²) in [6.45, 7) is -0.406. The van der Waals surface area contributed by atoms with E-state index >= 15 is 0 Å². The van der Waals surface area contributed by atoms with Crippen LogP contribution in [0.25, 0.3) is 0 Å². The highest BCUT2D eigenvalue weighted by Gasteiger charge is 2.30. The maximum Gasteiger partial charge on any atom is 0.513 e. The first-order chi connectivity index (χ1) is 8.09. The van der Waals surface area contributed by atoms with E-state index in [9.17, 15) is 17.7 Å². The van der Waals surface area contributed by atoms with Gasteiger partial charge in [-0.2, -0.15) is 0 Å². The van der Waals surface area contributed by atoms with E-state index in [1.54, 1.807) is 20.8 Å². The molecule has 0 spiro atoms. The lowest BCUT2D eigenvalue weighted by molar-refractivity contribution is 0.0635. The van der Waals surface area contributed by atoms with Crippen LogP contribution in [0, 0.1) is 0 Å². The van der Waals surface area contributed by atoms with Crippen molar-refractivity contribution >= 4 is 24.4 Å². The Morgan fingerprint density at radius 2 is 2.00 bits per heavy atom. The molecule has 0 atom stereocenters. The largest absolute Gasteiger partial charge is 0.513 e. The maximum absolute atomic E-state index is 12.7. The number of hydrogen-bond donors (Lipinski definition) is 1. The van der Waals surface area contributed by atoms with Gasteiger partial charge in [-0.1, -0.05) is 11.5 Å². The van der Waals surface area contributed by atoms with Crippen molar-refractivity contribution < 1.29 is 22.5 Å². The molecule has 0 aliphatic heterocycles. The first kappa shape index (κ1) is 14.3. The average molecular weight is 261 g/mol. The molecule has 8 heteroatoms. The summed E-state index contributed by atoms with van der Waals surface area (Å²) < 4.78 is 42.9. The Kier molecular flexibility index (Phi) is 3.88. The molecule has 0 aliphatic carbocycles. The third kappa shape index (κ3) is 4.27. The lowest BCUT2D eigenvalue weighted by Crippen LogP contribution is -2.38. The number of aromatic nitrogens is 1. The fourth-order valence-electron chi connectivity index (χ4n) is 1.19. The fraction of sp³-hybridized carbons (Fsp3) is 0.400. The van der Waals surface area contributed by atoms with Gasteiger partial charge in [0.1, 0.15) is 11.4 Å². The average Bonchev–Trinajstić information content (AvgIpc) is 2.13. The number of carbonyl (C=O) groups excluding carboxylic acids is 1. The van der Waals surface area contributed by atoms with Gasteiger partial charge in [-0.25, -0.2) is 9.78 Å². The molecule has 4 nitrogen and oxygen atoms in total. The molecule has 1 amide bonds. The summed E-state index contributed by atoms with van der Waals surface area (Å²) in [6.07, 6.45) is 0.195. The quantitative estimate of drug-likeness (QED) is 0.832. The van der Waals surface area contributed by atoms with E-state index in [0.717, 1.165) is 18.3 Å². The van der Waals surface area contributed by atoms with Gasteiger partial charge in [0.25, 0.3) is 0 Å². The van der Waals surface area contributed by atoms with Crippen LogP contribution in [0.5, 0.6) is 0 Å². The van der Waals surface area contributed by atoms with E-state index in [4.69, 9.17) is 4.74 Å². The Balaban J connectivity index is 2.89. The zero-order valence-corrected chi connectivity index (χ0v) is 10.2. The molecule has 0 aromatic carbocycles. The van der Waals surface area contributed by atoms with Crippen LogP contribution in [0.3, 0.4) is 0 Å². The highest BCUT2D eigenvalue weighted by molar-refractivity contribution is 6.75. The molecule has 1 aromatic heterocycles. The first-order valence-corrected chi connectivity index (χ1v) is 5.24. The highest BCUT2D eigenvalue weighted by Crippen LogP contribution is 2.15. The number of ether oxygens (including phenoxy) is 1. The molecule has 0 saturated heterocycles. The third-order valence-electron chi connectivity index (χ3n) is 1.81. The van der Waals surface area contributed by atoms with Crippen molar-refractivity contribution in [1.82, 2.24) is 4.98 Å². The van der Waals surface area contributed by atoms with Gasteiger partial charge in [0, 0.05) is 6.20 Å². The van der Waals surface area contributed by atoms with Crippen LogP contribution >= 0.6 is 0 Å². The molecule has 0 aliphatic rings. The normalized spacial score (nSPS) is 12.1. The minimum absolute atomic E-state index is 0.542. The summed E-state index contributed by atoms with van der Waals surface area (Å²) in [5.74, 6) is -0.542. The molecule has 100 valence electrons. The van der Waals surface area contributed by atoms with E-state index in [0.29, 0.717) is 0 Å². The summed E-state index contributed by atoms with van der Waals surface area (Å²) in [5, 5.41) is 2.00. The molecule has 1 aromatic rings. The zero-order valence-electron chi connectivity index (χ0n) is 10.2. The molecule has 1 N–H and O–H groups in total. The molecule has 0 bridgehead atoms. The molecule has 0 radical (unpaired) electrons. The minimum Gasteiger partial charge on any atom is -0.445 e. The predicted octanol–water partition coefficient (Wildman–Crippen LogP) is 2.48. The van der Waals surface area contributed by atoms with Crippen molar-refractivity contribution in [3.63, 3.8) is 0 Å². The van der Waals surface area contributed by atoms with Crippen molar-refractivity contribution in [1.29, 1.82) is 0 Å². The Morgan fingerprint density at radius 1 is 1.39 bits per heavy atom. The topological polar surface area (TPSA) is 51.2 Å². The number of pyridine rings is 1. The van der Waals surface area contributed by atoms with Gasteiger partial charge < -0.3 is 17.7 Å². The second-order valence-electron chi connectivity index (χ2n) is 4.64. The minimum atomic E-state index is -5.24. The lowest BCUT2D eigenvalue weighted by atomic mass is 9.80. The Morgan fingerprint density at radius 3 is 2.50 bits per heavy atom. The van der Waals surface area contributed by atoms with Crippen LogP contribution in [-0.2, 0) is 4.74 Å². The molecule has 0 fully saturated rings. The summed E-state index contributed by atoms with van der Waals surface area (Å²) in [6, 6.07) is 2.02. The number of carbonyl (C=O) groups is 1. The van der Waals surface area contributed by atoms with Crippen molar-refractivity contribution in [2.75, 3.05) is 5.32 Å². The van der Waals surface area contributed by atoms with Crippen molar-refractivity contribution in [3.8, 4) is 0 Å². The summed E-state index contributed by atoms with van der Waals surface area (Å²) in [5.41, 5.74) is -1.74. The van der Waals surface area contributed by atoms with Gasteiger partial charge in [-0.15, -0.1) is 0 Å². The third-order valence-corrected chi connectivity index (χ3v) is 1.81. The second kappa shape index (κ2) is 4.87. The van der Waals surface area contributed by atoms with Crippen LogP contribution in [0.15, 0.2) is 18.3 Å². The van der Waals surface area contributed by atoms with Crippen molar-refractivity contribution in [3.05, 3.63) is 18.3 Å². The smallest absolute Gasteiger partial charge is 0.445 e. The van der Waals surface area contributed by atoms with Crippen LogP contribution in [0.2, 0.25) is 0 Å². The van der Waals surface area contributed by atoms with Crippen LogP contribution in [0.4, 0.5) is 23.6 Å². The molecule has 1 heterocycles. The van der Waals surface area contributed by atoms with E-state index < -0.39 is 30.0 Å². The Labute approximate surface area is 103 Å².